The molecule has 5 N–H and O–H groups in total. The van der Waals surface area contributed by atoms with Crippen LogP contribution in [0.4, 0.5) is 16.2 Å². The molecule has 188 valence electrons. The molecule has 37 heavy (non-hydrogen) atoms. The Labute approximate surface area is 214 Å². The predicted molar refractivity (Wildman–Crippen MR) is 141 cm³/mol. The Hall–Kier alpha value is -4.50. The fourth-order valence-electron chi connectivity index (χ4n) is 4.86. The lowest BCUT2D eigenvalue weighted by molar-refractivity contribution is -0.143. The van der Waals surface area contributed by atoms with Crippen LogP contribution in [0.25, 0.3) is 0 Å². The highest BCUT2D eigenvalue weighted by Crippen LogP contribution is 2.33. The third-order valence-corrected chi connectivity index (χ3v) is 6.94. The first kappa shape index (κ1) is 24.2. The molecule has 0 fully saturated rings. The number of hydrogen-bond donors (Lipinski definition) is 4. The second kappa shape index (κ2) is 9.51. The van der Waals surface area contributed by atoms with Crippen LogP contribution >= 0.6 is 0 Å². The number of carbonyl (C=O) groups excluding carboxylic acids is 2. The lowest BCUT2D eigenvalue weighted by atomic mass is 9.78. The highest BCUT2D eigenvalue weighted by atomic mass is 16.4. The maximum atomic E-state index is 13.4. The summed E-state index contributed by atoms with van der Waals surface area (Å²) in [4.78, 5) is 44.4. The molecule has 9 heteroatoms. The Balaban J connectivity index is 1.45. The smallest absolute Gasteiger partial charge is 0.324 e. The highest BCUT2D eigenvalue weighted by Gasteiger charge is 2.39. The van der Waals surface area contributed by atoms with E-state index in [0.29, 0.717) is 35.5 Å². The number of nitrogens with zero attached hydrogens (tertiary/aromatic N) is 2. The molecule has 5 rings (SSSR count). The van der Waals surface area contributed by atoms with Gasteiger partial charge in [0.1, 0.15) is 5.54 Å². The molecule has 3 aromatic carbocycles. The van der Waals surface area contributed by atoms with Crippen molar-refractivity contribution in [3.63, 3.8) is 0 Å². The van der Waals surface area contributed by atoms with Gasteiger partial charge in [0.2, 0.25) is 6.17 Å². The van der Waals surface area contributed by atoms with Gasteiger partial charge in [-0.3, -0.25) is 9.59 Å². The van der Waals surface area contributed by atoms with Gasteiger partial charge in [-0.15, -0.1) is 0 Å². The van der Waals surface area contributed by atoms with E-state index in [0.717, 1.165) is 16.7 Å². The second-order valence-corrected chi connectivity index (χ2v) is 9.34. The summed E-state index contributed by atoms with van der Waals surface area (Å²) in [6.07, 6.45) is -0.291. The second-order valence-electron chi connectivity index (χ2n) is 9.34. The number of aliphatic imine (C=N–C) groups is 1. The molecule has 2 atom stereocenters. The average Bonchev–Trinajstić information content (AvgIpc) is 3.00. The van der Waals surface area contributed by atoms with Crippen molar-refractivity contribution in [2.45, 2.75) is 31.0 Å². The van der Waals surface area contributed by atoms with Crippen molar-refractivity contribution in [3.8, 4) is 0 Å². The van der Waals surface area contributed by atoms with E-state index in [2.05, 4.69) is 15.6 Å². The number of aryl methyl sites for hydroxylation is 1. The number of benzene rings is 3. The Morgan fingerprint density at radius 3 is 2.54 bits per heavy atom. The van der Waals surface area contributed by atoms with Crippen LogP contribution in [0, 0.1) is 0 Å². The number of anilines is 2. The van der Waals surface area contributed by atoms with Crippen molar-refractivity contribution in [1.29, 1.82) is 0 Å². The van der Waals surface area contributed by atoms with Gasteiger partial charge in [0.05, 0.1) is 11.4 Å². The van der Waals surface area contributed by atoms with Crippen LogP contribution in [0.2, 0.25) is 0 Å². The zero-order valence-electron chi connectivity index (χ0n) is 20.3. The first-order chi connectivity index (χ1) is 17.8. The van der Waals surface area contributed by atoms with Crippen LogP contribution < -0.4 is 21.3 Å². The Kier molecular flexibility index (Phi) is 6.22. The molecule has 0 saturated heterocycles. The molecule has 1 aliphatic carbocycles. The van der Waals surface area contributed by atoms with Gasteiger partial charge >= 0.3 is 12.0 Å². The van der Waals surface area contributed by atoms with Crippen LogP contribution in [0.15, 0.2) is 77.8 Å². The molecular weight excluding hydrogens is 470 g/mol. The Morgan fingerprint density at radius 2 is 1.78 bits per heavy atom. The number of nitrogens with one attached hydrogen (secondary N) is 2. The maximum Gasteiger partial charge on any atom is 0.324 e. The van der Waals surface area contributed by atoms with Crippen molar-refractivity contribution in [3.05, 3.63) is 95.1 Å². The fraction of sp³-hybridized carbons (Fsp3) is 0.214. The molecule has 0 bridgehead atoms. The molecule has 0 aromatic heterocycles. The summed E-state index contributed by atoms with van der Waals surface area (Å²) in [6, 6.07) is 21.7. The van der Waals surface area contributed by atoms with E-state index >= 15 is 0 Å². The Morgan fingerprint density at radius 1 is 1.05 bits per heavy atom. The van der Waals surface area contributed by atoms with Crippen LogP contribution in [0.1, 0.15) is 28.7 Å². The van der Waals surface area contributed by atoms with Crippen molar-refractivity contribution in [2.24, 2.45) is 10.7 Å². The monoisotopic (exact) mass is 497 g/mol. The molecule has 3 aromatic rings. The molecule has 9 nitrogen and oxygen atoms in total. The van der Waals surface area contributed by atoms with E-state index in [1.165, 1.54) is 4.90 Å². The first-order valence-electron chi connectivity index (χ1n) is 12.0. The number of carboxylic acids is 1. The third kappa shape index (κ3) is 4.56. The number of rotatable bonds is 4. The number of hydrogen-bond acceptors (Lipinski definition) is 5. The van der Waals surface area contributed by atoms with Crippen molar-refractivity contribution in [2.75, 3.05) is 17.3 Å². The van der Waals surface area contributed by atoms with Gasteiger partial charge < -0.3 is 26.4 Å². The van der Waals surface area contributed by atoms with Gasteiger partial charge in [0.25, 0.3) is 5.91 Å². The number of nitrogens with two attached hydrogens (primary N) is 1. The molecule has 0 saturated carbocycles. The third-order valence-electron chi connectivity index (χ3n) is 6.94. The zero-order chi connectivity index (χ0) is 26.2. The number of likely N-dealkylation sites (N-methyl/N-ethyl adjacent to an activating group) is 1. The highest BCUT2D eigenvalue weighted by molar-refractivity contribution is 6.20. The minimum absolute atomic E-state index is 0.0881. The van der Waals surface area contributed by atoms with E-state index in [9.17, 15) is 19.5 Å². The van der Waals surface area contributed by atoms with Gasteiger partial charge in [-0.1, -0.05) is 60.7 Å². The summed E-state index contributed by atoms with van der Waals surface area (Å²) in [5.74, 6) is -1.47. The summed E-state index contributed by atoms with van der Waals surface area (Å²) in [7, 11) is 1.65. The molecule has 1 heterocycles. The van der Waals surface area contributed by atoms with Crippen molar-refractivity contribution in [1.82, 2.24) is 5.32 Å². The molecule has 0 spiro atoms. The summed E-state index contributed by atoms with van der Waals surface area (Å²) in [6.45, 7) is 0. The van der Waals surface area contributed by atoms with Crippen molar-refractivity contribution < 1.29 is 19.5 Å². The number of carbonyl (C=O) groups is 3. The quantitative estimate of drug-likeness (QED) is 0.439. The van der Waals surface area contributed by atoms with Gasteiger partial charge in [-0.2, -0.15) is 0 Å². The minimum Gasteiger partial charge on any atom is -0.480 e. The van der Waals surface area contributed by atoms with Crippen LogP contribution in [-0.4, -0.2) is 47.5 Å². The van der Waals surface area contributed by atoms with Gasteiger partial charge in [-0.05, 0) is 36.1 Å². The standard InChI is InChI=1S/C28H27N5O4/c1-33-22-13-6-5-11-19(22)23(18-8-3-2-4-9-18)31-24(25(33)34)32-27(37)30-21-12-7-10-17-14-15-28(29,26(35)36)16-20(17)21/h2-13,24H,14-16,29H2,1H3,(H,35,36)(H2,30,32,37). The number of urea groups is 1. The fourth-order valence-corrected chi connectivity index (χ4v) is 4.86. The number of carboxylic acid groups (broad SMARTS) is 1. The van der Waals surface area contributed by atoms with Crippen LogP contribution in [-0.2, 0) is 22.4 Å². The maximum absolute atomic E-state index is 13.4. The summed E-state index contributed by atoms with van der Waals surface area (Å²) in [5.41, 5.74) is 9.67. The number of benzodiazepines with no additional fused rings is 1. The summed E-state index contributed by atoms with van der Waals surface area (Å²) in [5, 5.41) is 15.1. The van der Waals surface area contributed by atoms with E-state index in [1.54, 1.807) is 19.2 Å². The van der Waals surface area contributed by atoms with E-state index in [4.69, 9.17) is 5.73 Å². The van der Waals surface area contributed by atoms with Crippen LogP contribution in [0.3, 0.4) is 0 Å². The number of fused-ring (bicyclic) bond motifs is 2. The van der Waals surface area contributed by atoms with Gasteiger partial charge in [0.15, 0.2) is 0 Å². The number of amides is 3. The average molecular weight is 498 g/mol. The van der Waals surface area contributed by atoms with E-state index in [-0.39, 0.29) is 6.42 Å². The lowest BCUT2D eigenvalue weighted by Gasteiger charge is -2.32. The topological polar surface area (TPSA) is 137 Å². The van der Waals surface area contributed by atoms with Gasteiger partial charge in [-0.25, -0.2) is 9.79 Å². The van der Waals surface area contributed by atoms with E-state index in [1.807, 2.05) is 60.7 Å². The Bertz CT molecular complexity index is 1420. The normalized spacial score (nSPS) is 20.7. The van der Waals surface area contributed by atoms with Gasteiger partial charge in [0, 0.05) is 30.3 Å². The van der Waals surface area contributed by atoms with E-state index < -0.39 is 29.6 Å². The number of aliphatic carboxylic acids is 1. The first-order valence-corrected chi connectivity index (χ1v) is 12.0. The molecule has 2 aliphatic rings. The van der Waals surface area contributed by atoms with Crippen LogP contribution in [0.5, 0.6) is 0 Å². The molecule has 3 amide bonds. The minimum atomic E-state index is -1.40. The SMILES string of the molecule is CN1C(=O)C(NC(=O)Nc2cccc3c2CC(N)(C(=O)O)CC3)N=C(c2ccccc2)c2ccccc21. The zero-order valence-corrected chi connectivity index (χ0v) is 20.3. The lowest BCUT2D eigenvalue weighted by Crippen LogP contribution is -2.52. The van der Waals surface area contributed by atoms with Crippen molar-refractivity contribution >= 4 is 35.0 Å². The molecule has 2 unspecified atom stereocenters. The predicted octanol–water partition coefficient (Wildman–Crippen LogP) is 2.92. The molecular formula is C28H27N5O4. The summed E-state index contributed by atoms with van der Waals surface area (Å²) < 4.78 is 0. The molecule has 0 radical (unpaired) electrons. The largest absolute Gasteiger partial charge is 0.480 e. The summed E-state index contributed by atoms with van der Waals surface area (Å²) >= 11 is 0. The molecule has 1 aliphatic heterocycles. The number of para-hydroxylation sites is 1.